The first kappa shape index (κ1) is 17.2. The molecular weight excluding hydrogens is 380 g/mol. The number of hydrogen-bond donors (Lipinski definition) is 1. The number of esters is 1. The summed E-state index contributed by atoms with van der Waals surface area (Å²) >= 11 is 1.60. The van der Waals surface area contributed by atoms with Crippen molar-refractivity contribution in [2.45, 2.75) is 38.5 Å². The van der Waals surface area contributed by atoms with E-state index >= 15 is 0 Å². The maximum atomic E-state index is 12.5. The molecule has 0 atom stereocenters. The minimum atomic E-state index is -0.396. The summed E-state index contributed by atoms with van der Waals surface area (Å²) in [5, 5.41) is 0.728. The highest BCUT2D eigenvalue weighted by molar-refractivity contribution is 7.18. The highest BCUT2D eigenvalue weighted by Gasteiger charge is 2.20. The Labute approximate surface area is 164 Å². The van der Waals surface area contributed by atoms with Gasteiger partial charge in [-0.05, 0) is 43.4 Å². The van der Waals surface area contributed by atoms with E-state index in [9.17, 15) is 9.59 Å². The lowest BCUT2D eigenvalue weighted by molar-refractivity contribution is -0.134. The van der Waals surface area contributed by atoms with Crippen molar-refractivity contribution in [3.05, 3.63) is 44.8 Å². The lowest BCUT2D eigenvalue weighted by Gasteiger charge is -2.09. The maximum absolute atomic E-state index is 12.5. The number of rotatable bonds is 4. The van der Waals surface area contributed by atoms with Crippen LogP contribution >= 0.6 is 11.3 Å². The Morgan fingerprint density at radius 1 is 1.21 bits per heavy atom. The summed E-state index contributed by atoms with van der Waals surface area (Å²) in [6, 6.07) is 4.99. The molecule has 1 aromatic carbocycles. The Hall–Kier alpha value is -2.87. The minimum Gasteiger partial charge on any atom is -0.454 e. The first-order valence-electron chi connectivity index (χ1n) is 9.31. The molecule has 0 saturated heterocycles. The number of H-pyrrole nitrogens is 1. The third-order valence-corrected chi connectivity index (χ3v) is 6.20. The predicted molar refractivity (Wildman–Crippen MR) is 103 cm³/mol. The number of hydrogen-bond acceptors (Lipinski definition) is 7. The standard InChI is InChI=1S/C20H18N2O5S/c23-17(27-11-5-6-13-14(9-11)26-10-25-13)8-7-16-21-19(24)18-12-3-1-2-4-15(12)28-20(18)22-16/h5-6,9H,1-4,7-8,10H2,(H,21,22,24). The van der Waals surface area contributed by atoms with Crippen molar-refractivity contribution in [3.63, 3.8) is 0 Å². The van der Waals surface area contributed by atoms with E-state index < -0.39 is 5.97 Å². The molecule has 0 radical (unpaired) electrons. The number of nitrogens with one attached hydrogen (secondary N) is 1. The Kier molecular flexibility index (Phi) is 4.27. The average molecular weight is 398 g/mol. The molecule has 0 fully saturated rings. The molecule has 2 aliphatic rings. The molecule has 0 spiro atoms. The molecule has 5 rings (SSSR count). The van der Waals surface area contributed by atoms with Gasteiger partial charge in [0.05, 0.1) is 11.8 Å². The zero-order valence-electron chi connectivity index (χ0n) is 15.1. The van der Waals surface area contributed by atoms with E-state index in [1.807, 2.05) is 0 Å². The van der Waals surface area contributed by atoms with Crippen molar-refractivity contribution < 1.29 is 19.0 Å². The van der Waals surface area contributed by atoms with Crippen molar-refractivity contribution in [3.8, 4) is 17.2 Å². The summed E-state index contributed by atoms with van der Waals surface area (Å²) in [5.74, 6) is 1.71. The van der Waals surface area contributed by atoms with Gasteiger partial charge in [-0.2, -0.15) is 0 Å². The Morgan fingerprint density at radius 2 is 2.07 bits per heavy atom. The van der Waals surface area contributed by atoms with Crippen LogP contribution in [0.15, 0.2) is 23.0 Å². The molecule has 1 aliphatic heterocycles. The minimum absolute atomic E-state index is 0.108. The highest BCUT2D eigenvalue weighted by atomic mass is 32.1. The summed E-state index contributed by atoms with van der Waals surface area (Å²) < 4.78 is 15.9. The third kappa shape index (κ3) is 3.13. The van der Waals surface area contributed by atoms with Gasteiger partial charge in [-0.15, -0.1) is 11.3 Å². The van der Waals surface area contributed by atoms with E-state index in [2.05, 4.69) is 9.97 Å². The second-order valence-corrected chi connectivity index (χ2v) is 7.98. The Balaban J connectivity index is 1.29. The van der Waals surface area contributed by atoms with Gasteiger partial charge in [-0.25, -0.2) is 4.98 Å². The maximum Gasteiger partial charge on any atom is 0.311 e. The number of aromatic nitrogens is 2. The molecule has 0 amide bonds. The number of ether oxygens (including phenoxy) is 3. The molecule has 2 aromatic heterocycles. The smallest absolute Gasteiger partial charge is 0.311 e. The normalized spacial score (nSPS) is 14.9. The van der Waals surface area contributed by atoms with Gasteiger partial charge in [0.2, 0.25) is 6.79 Å². The SMILES string of the molecule is O=C(CCc1nc2sc3c(c2c(=O)[nH]1)CCCC3)Oc1ccc2c(c1)OCO2. The number of benzene rings is 1. The van der Waals surface area contributed by atoms with E-state index in [1.54, 1.807) is 29.5 Å². The summed E-state index contributed by atoms with van der Waals surface area (Å²) in [7, 11) is 0. The Morgan fingerprint density at radius 3 is 3.00 bits per heavy atom. The van der Waals surface area contributed by atoms with Gasteiger partial charge < -0.3 is 19.2 Å². The fourth-order valence-corrected chi connectivity index (χ4v) is 4.95. The molecule has 3 heterocycles. The molecule has 1 aliphatic carbocycles. The van der Waals surface area contributed by atoms with E-state index in [1.165, 1.54) is 4.88 Å². The molecule has 0 saturated carbocycles. The van der Waals surface area contributed by atoms with E-state index in [0.29, 0.717) is 29.5 Å². The summed E-state index contributed by atoms with van der Waals surface area (Å²) in [4.78, 5) is 34.2. The zero-order chi connectivity index (χ0) is 19.1. The molecule has 0 bridgehead atoms. The second kappa shape index (κ2) is 6.94. The van der Waals surface area contributed by atoms with Gasteiger partial charge in [0.1, 0.15) is 16.4 Å². The molecular formula is C20H18N2O5S. The van der Waals surface area contributed by atoms with Crippen LogP contribution in [0.5, 0.6) is 17.2 Å². The zero-order valence-corrected chi connectivity index (χ0v) is 15.9. The van der Waals surface area contributed by atoms with Crippen LogP contribution in [0.1, 0.15) is 35.5 Å². The predicted octanol–water partition coefficient (Wildman–Crippen LogP) is 3.13. The van der Waals surface area contributed by atoms with Crippen LogP contribution in [0, 0.1) is 0 Å². The number of thiophene rings is 1. The van der Waals surface area contributed by atoms with Gasteiger partial charge >= 0.3 is 5.97 Å². The van der Waals surface area contributed by atoms with Crippen molar-refractivity contribution in [1.29, 1.82) is 0 Å². The fourth-order valence-electron chi connectivity index (χ4n) is 3.67. The number of aryl methyl sites for hydroxylation is 3. The quantitative estimate of drug-likeness (QED) is 0.536. The van der Waals surface area contributed by atoms with Gasteiger partial charge in [0, 0.05) is 17.4 Å². The van der Waals surface area contributed by atoms with E-state index in [-0.39, 0.29) is 18.8 Å². The van der Waals surface area contributed by atoms with Crippen molar-refractivity contribution in [2.24, 2.45) is 0 Å². The summed E-state index contributed by atoms with van der Waals surface area (Å²) in [6.07, 6.45) is 4.68. The summed E-state index contributed by atoms with van der Waals surface area (Å²) in [5.41, 5.74) is 1.05. The van der Waals surface area contributed by atoms with Gasteiger partial charge in [-0.3, -0.25) is 9.59 Å². The van der Waals surface area contributed by atoms with E-state index in [4.69, 9.17) is 14.2 Å². The number of fused-ring (bicyclic) bond motifs is 4. The van der Waals surface area contributed by atoms with Crippen LogP contribution in [0.3, 0.4) is 0 Å². The van der Waals surface area contributed by atoms with Crippen LogP contribution in [0.25, 0.3) is 10.2 Å². The highest BCUT2D eigenvalue weighted by Crippen LogP contribution is 2.35. The van der Waals surface area contributed by atoms with Crippen molar-refractivity contribution in [2.75, 3.05) is 6.79 Å². The lowest BCUT2D eigenvalue weighted by Crippen LogP contribution is -2.15. The van der Waals surface area contributed by atoms with Gasteiger partial charge in [0.25, 0.3) is 5.56 Å². The first-order valence-corrected chi connectivity index (χ1v) is 10.1. The van der Waals surface area contributed by atoms with E-state index in [0.717, 1.165) is 41.5 Å². The molecule has 3 aromatic rings. The number of nitrogens with zero attached hydrogens (tertiary/aromatic N) is 1. The van der Waals surface area contributed by atoms with Gasteiger partial charge in [-0.1, -0.05) is 0 Å². The van der Waals surface area contributed by atoms with Crippen LogP contribution in [0.4, 0.5) is 0 Å². The number of carbonyl (C=O) groups is 1. The molecule has 7 nitrogen and oxygen atoms in total. The second-order valence-electron chi connectivity index (χ2n) is 6.89. The molecule has 28 heavy (non-hydrogen) atoms. The monoisotopic (exact) mass is 398 g/mol. The third-order valence-electron chi connectivity index (χ3n) is 5.02. The fraction of sp³-hybridized carbons (Fsp3) is 0.350. The first-order chi connectivity index (χ1) is 13.7. The van der Waals surface area contributed by atoms with Crippen LogP contribution in [0.2, 0.25) is 0 Å². The van der Waals surface area contributed by atoms with Crippen LogP contribution in [-0.4, -0.2) is 22.7 Å². The molecule has 1 N–H and O–H groups in total. The van der Waals surface area contributed by atoms with Crippen molar-refractivity contribution >= 4 is 27.5 Å². The molecule has 144 valence electrons. The van der Waals surface area contributed by atoms with Crippen molar-refractivity contribution in [1.82, 2.24) is 9.97 Å². The average Bonchev–Trinajstić information content (AvgIpc) is 3.30. The van der Waals surface area contributed by atoms with Gasteiger partial charge in [0.15, 0.2) is 11.5 Å². The molecule has 0 unspecified atom stereocenters. The number of carbonyl (C=O) groups excluding carboxylic acids is 1. The molecule has 8 heteroatoms. The lowest BCUT2D eigenvalue weighted by atomic mass is 9.97. The summed E-state index contributed by atoms with van der Waals surface area (Å²) in [6.45, 7) is 0.167. The van der Waals surface area contributed by atoms with Crippen LogP contribution < -0.4 is 19.8 Å². The largest absolute Gasteiger partial charge is 0.454 e. The Bertz CT molecular complexity index is 1130. The topological polar surface area (TPSA) is 90.5 Å². The number of aromatic amines is 1. The van der Waals surface area contributed by atoms with Crippen LogP contribution in [-0.2, 0) is 24.1 Å².